The van der Waals surface area contributed by atoms with Crippen molar-refractivity contribution in [1.29, 1.82) is 0 Å². The quantitative estimate of drug-likeness (QED) is 0.328. The molecule has 1 heteroatoms. The molecule has 0 aromatic heterocycles. The number of hydrogen-bond donors (Lipinski definition) is 0. The molecule has 0 amide bonds. The summed E-state index contributed by atoms with van der Waals surface area (Å²) >= 11 is 0. The first kappa shape index (κ1) is 8.65. The van der Waals surface area contributed by atoms with Crippen LogP contribution < -0.4 is 18.9 Å². The average Bonchev–Trinajstić information content (AvgIpc) is 2.05. The maximum atomic E-state index is 3.24. The van der Waals surface area contributed by atoms with E-state index in [0.717, 1.165) is 6.42 Å². The summed E-state index contributed by atoms with van der Waals surface area (Å²) in [4.78, 5) is 0. The molecule has 0 radical (unpaired) electrons. The summed E-state index contributed by atoms with van der Waals surface area (Å²) in [5.41, 5.74) is 2.71. The molecule has 1 aliphatic carbocycles. The Labute approximate surface area is 79.5 Å². The Morgan fingerprint density at radius 2 is 2.00 bits per heavy atom. The summed E-state index contributed by atoms with van der Waals surface area (Å²) < 4.78 is 0. The van der Waals surface area contributed by atoms with Crippen molar-refractivity contribution in [1.82, 2.24) is 0 Å². The topological polar surface area (TPSA) is 0 Å². The SMILES string of the molecule is [C-]1=CCCc2ccccc21.[Li+]. The van der Waals surface area contributed by atoms with E-state index in [1.807, 2.05) is 0 Å². The third-order valence-corrected chi connectivity index (χ3v) is 1.83. The largest absolute Gasteiger partial charge is 1.00 e. The molecule has 0 aliphatic heterocycles. The minimum absolute atomic E-state index is 0. The smallest absolute Gasteiger partial charge is 0.190 e. The molecule has 0 bridgehead atoms. The molecule has 0 heterocycles. The minimum atomic E-state index is 0. The molecule has 1 aromatic rings. The van der Waals surface area contributed by atoms with Crippen LogP contribution in [-0.4, -0.2) is 0 Å². The van der Waals surface area contributed by atoms with Crippen molar-refractivity contribution < 1.29 is 18.9 Å². The fraction of sp³-hybridized carbons (Fsp3) is 0.200. The molecule has 0 fully saturated rings. The van der Waals surface area contributed by atoms with E-state index < -0.39 is 0 Å². The number of fused-ring (bicyclic) bond motifs is 1. The van der Waals surface area contributed by atoms with Crippen LogP contribution in [-0.2, 0) is 6.42 Å². The molecule has 0 N–H and O–H groups in total. The molecule has 50 valence electrons. The van der Waals surface area contributed by atoms with Gasteiger partial charge in [-0.2, -0.15) is 17.7 Å². The zero-order valence-electron chi connectivity index (χ0n) is 6.80. The Balaban J connectivity index is 0.000000605. The summed E-state index contributed by atoms with van der Waals surface area (Å²) in [6.07, 6.45) is 7.68. The Morgan fingerprint density at radius 3 is 2.82 bits per heavy atom. The van der Waals surface area contributed by atoms with Crippen LogP contribution in [0.15, 0.2) is 30.3 Å². The van der Waals surface area contributed by atoms with E-state index >= 15 is 0 Å². The fourth-order valence-corrected chi connectivity index (χ4v) is 1.29. The van der Waals surface area contributed by atoms with Crippen molar-refractivity contribution >= 4 is 0 Å². The molecular formula is C10H9Li. The first-order valence-corrected chi connectivity index (χ1v) is 3.63. The van der Waals surface area contributed by atoms with Gasteiger partial charge >= 0.3 is 18.9 Å². The average molecular weight is 136 g/mol. The normalized spacial score (nSPS) is 13.5. The monoisotopic (exact) mass is 136 g/mol. The van der Waals surface area contributed by atoms with Gasteiger partial charge in [-0.05, 0) is 0 Å². The summed E-state index contributed by atoms with van der Waals surface area (Å²) in [6, 6.07) is 8.44. The van der Waals surface area contributed by atoms with Crippen molar-refractivity contribution in [2.24, 2.45) is 0 Å². The molecule has 0 atom stereocenters. The minimum Gasteiger partial charge on any atom is -0.190 e. The molecule has 1 aliphatic rings. The second kappa shape index (κ2) is 3.81. The van der Waals surface area contributed by atoms with Crippen LogP contribution in [0.2, 0.25) is 0 Å². The van der Waals surface area contributed by atoms with E-state index in [1.54, 1.807) is 0 Å². The van der Waals surface area contributed by atoms with Crippen molar-refractivity contribution in [3.8, 4) is 0 Å². The number of aryl methyl sites for hydroxylation is 1. The van der Waals surface area contributed by atoms with Crippen molar-refractivity contribution in [3.63, 3.8) is 0 Å². The van der Waals surface area contributed by atoms with Gasteiger partial charge in [0.25, 0.3) is 0 Å². The molecule has 0 unspecified atom stereocenters. The van der Waals surface area contributed by atoms with E-state index in [0.29, 0.717) is 0 Å². The van der Waals surface area contributed by atoms with Crippen LogP contribution in [0.1, 0.15) is 17.5 Å². The third-order valence-electron chi connectivity index (χ3n) is 1.83. The van der Waals surface area contributed by atoms with E-state index in [9.17, 15) is 0 Å². The van der Waals surface area contributed by atoms with Crippen LogP contribution in [0.25, 0.3) is 0 Å². The molecule has 2 rings (SSSR count). The molecule has 11 heavy (non-hydrogen) atoms. The predicted octanol–water partition coefficient (Wildman–Crippen LogP) is -0.656. The summed E-state index contributed by atoms with van der Waals surface area (Å²) in [5, 5.41) is 0. The van der Waals surface area contributed by atoms with Gasteiger partial charge in [-0.15, -0.1) is 23.8 Å². The van der Waals surface area contributed by atoms with Gasteiger partial charge in [-0.3, -0.25) is 0 Å². The molecular weight excluding hydrogens is 127 g/mol. The van der Waals surface area contributed by atoms with Crippen molar-refractivity contribution in [3.05, 3.63) is 47.5 Å². The molecule has 1 aromatic carbocycles. The summed E-state index contributed by atoms with van der Waals surface area (Å²) in [6.45, 7) is 0. The van der Waals surface area contributed by atoms with Crippen LogP contribution in [0.4, 0.5) is 0 Å². The number of benzene rings is 1. The van der Waals surface area contributed by atoms with E-state index in [4.69, 9.17) is 0 Å². The van der Waals surface area contributed by atoms with E-state index in [-0.39, 0.29) is 18.9 Å². The standard InChI is InChI=1S/C10H9.Li/c1-2-6-10-8-4-3-7-9(10)5-1;/h1-3,5-6H,4,8H2;/q-1;+1. The molecule has 0 saturated carbocycles. The zero-order chi connectivity index (χ0) is 6.81. The Kier molecular flexibility index (Phi) is 3.00. The van der Waals surface area contributed by atoms with E-state index in [2.05, 4.69) is 36.4 Å². The fourth-order valence-electron chi connectivity index (χ4n) is 1.29. The maximum absolute atomic E-state index is 3.24. The first-order valence-electron chi connectivity index (χ1n) is 3.63. The van der Waals surface area contributed by atoms with Crippen LogP contribution in [0.5, 0.6) is 0 Å². The van der Waals surface area contributed by atoms with Gasteiger partial charge in [0.05, 0.1) is 0 Å². The Morgan fingerprint density at radius 1 is 1.18 bits per heavy atom. The van der Waals surface area contributed by atoms with Crippen LogP contribution in [0.3, 0.4) is 0 Å². The molecule has 0 saturated heterocycles. The van der Waals surface area contributed by atoms with Gasteiger partial charge in [-0.1, -0.05) is 18.9 Å². The Bertz CT molecular complexity index is 263. The maximum Gasteiger partial charge on any atom is 1.00 e. The number of rotatable bonds is 0. The number of allylic oxidation sites excluding steroid dienone is 1. The summed E-state index contributed by atoms with van der Waals surface area (Å²) in [5.74, 6) is 0. The van der Waals surface area contributed by atoms with Crippen molar-refractivity contribution in [2.45, 2.75) is 12.8 Å². The second-order valence-electron chi connectivity index (χ2n) is 2.54. The van der Waals surface area contributed by atoms with E-state index in [1.165, 1.54) is 17.5 Å². The number of hydrogen-bond acceptors (Lipinski definition) is 0. The zero-order valence-corrected chi connectivity index (χ0v) is 6.80. The van der Waals surface area contributed by atoms with Gasteiger partial charge in [0, 0.05) is 0 Å². The van der Waals surface area contributed by atoms with Crippen LogP contribution >= 0.6 is 0 Å². The Hall–Kier alpha value is -0.443. The van der Waals surface area contributed by atoms with Gasteiger partial charge in [-0.25, -0.2) is 0 Å². The molecule has 0 nitrogen and oxygen atoms in total. The summed E-state index contributed by atoms with van der Waals surface area (Å²) in [7, 11) is 0. The van der Waals surface area contributed by atoms with Gasteiger partial charge in [0.2, 0.25) is 0 Å². The molecule has 0 spiro atoms. The van der Waals surface area contributed by atoms with Crippen molar-refractivity contribution in [2.75, 3.05) is 0 Å². The third kappa shape index (κ3) is 1.77. The van der Waals surface area contributed by atoms with Crippen LogP contribution in [0, 0.1) is 6.08 Å². The van der Waals surface area contributed by atoms with Gasteiger partial charge < -0.3 is 0 Å². The predicted molar refractivity (Wildman–Crippen MR) is 41.7 cm³/mol. The van der Waals surface area contributed by atoms with Gasteiger partial charge in [0.15, 0.2) is 0 Å². The second-order valence-corrected chi connectivity index (χ2v) is 2.54. The first-order chi connectivity index (χ1) is 4.97. The van der Waals surface area contributed by atoms with Gasteiger partial charge in [0.1, 0.15) is 0 Å².